The highest BCUT2D eigenvalue weighted by Gasteiger charge is 2.21. The summed E-state index contributed by atoms with van der Waals surface area (Å²) in [6.45, 7) is 4.33. The number of nitrogens with zero attached hydrogens (tertiary/aromatic N) is 1. The van der Waals surface area contributed by atoms with Crippen LogP contribution >= 0.6 is 0 Å². The first-order valence-corrected chi connectivity index (χ1v) is 4.28. The Balaban J connectivity index is 2.62. The van der Waals surface area contributed by atoms with Crippen LogP contribution in [-0.2, 0) is 0 Å². The van der Waals surface area contributed by atoms with Crippen molar-refractivity contribution in [3.63, 3.8) is 0 Å². The molecule has 2 amide bonds. The highest BCUT2D eigenvalue weighted by Crippen LogP contribution is 2.29. The molecule has 0 saturated heterocycles. The third-order valence-corrected chi connectivity index (χ3v) is 1.95. The van der Waals surface area contributed by atoms with Crippen LogP contribution in [0.1, 0.15) is 26.7 Å². The van der Waals surface area contributed by atoms with Crippen LogP contribution in [0.5, 0.6) is 0 Å². The number of hydrogen-bond donors (Lipinski definition) is 2. The quantitative estimate of drug-likeness (QED) is 0.590. The van der Waals surface area contributed by atoms with Crippen LogP contribution in [0.4, 0.5) is 4.79 Å². The SMILES string of the molecule is CC1(C)CC=C/C(=N/NC(N)=O)C1. The molecular weight excluding hydrogens is 166 g/mol. The van der Waals surface area contributed by atoms with Gasteiger partial charge in [-0.15, -0.1) is 0 Å². The molecular formula is C9H15N3O. The molecule has 1 aliphatic rings. The fraction of sp³-hybridized carbons (Fsp3) is 0.556. The number of carbonyl (C=O) groups excluding carboxylic acids is 1. The normalized spacial score (nSPS) is 23.1. The highest BCUT2D eigenvalue weighted by molar-refractivity contribution is 5.96. The van der Waals surface area contributed by atoms with Gasteiger partial charge < -0.3 is 5.73 Å². The number of primary amides is 1. The van der Waals surface area contributed by atoms with Gasteiger partial charge in [-0.3, -0.25) is 0 Å². The zero-order chi connectivity index (χ0) is 9.90. The van der Waals surface area contributed by atoms with Gasteiger partial charge in [0.1, 0.15) is 0 Å². The van der Waals surface area contributed by atoms with Crippen LogP contribution in [0.3, 0.4) is 0 Å². The number of nitrogens with one attached hydrogen (secondary N) is 1. The predicted octanol–water partition coefficient (Wildman–Crippen LogP) is 1.39. The number of carbonyl (C=O) groups is 1. The van der Waals surface area contributed by atoms with Crippen molar-refractivity contribution in [2.45, 2.75) is 26.7 Å². The van der Waals surface area contributed by atoms with E-state index < -0.39 is 6.03 Å². The summed E-state index contributed by atoms with van der Waals surface area (Å²) in [6, 6.07) is -0.621. The van der Waals surface area contributed by atoms with E-state index in [9.17, 15) is 4.79 Å². The van der Waals surface area contributed by atoms with Crippen LogP contribution in [0.25, 0.3) is 0 Å². The summed E-state index contributed by atoms with van der Waals surface area (Å²) in [4.78, 5) is 10.4. The second-order valence-corrected chi connectivity index (χ2v) is 4.03. The van der Waals surface area contributed by atoms with Gasteiger partial charge in [-0.25, -0.2) is 10.2 Å². The summed E-state index contributed by atoms with van der Waals surface area (Å²) in [7, 11) is 0. The summed E-state index contributed by atoms with van der Waals surface area (Å²) in [5.41, 5.74) is 8.22. The fourth-order valence-electron chi connectivity index (χ4n) is 1.34. The van der Waals surface area contributed by atoms with Crippen molar-refractivity contribution in [2.75, 3.05) is 0 Å². The van der Waals surface area contributed by atoms with E-state index in [1.165, 1.54) is 0 Å². The lowest BCUT2D eigenvalue weighted by molar-refractivity contribution is 0.249. The molecule has 0 radical (unpaired) electrons. The second-order valence-electron chi connectivity index (χ2n) is 4.03. The number of hydrazone groups is 1. The molecule has 0 heterocycles. The molecule has 13 heavy (non-hydrogen) atoms. The van der Waals surface area contributed by atoms with Crippen LogP contribution in [0, 0.1) is 5.41 Å². The topological polar surface area (TPSA) is 67.5 Å². The lowest BCUT2D eigenvalue weighted by Crippen LogP contribution is -2.27. The summed E-state index contributed by atoms with van der Waals surface area (Å²) in [6.07, 6.45) is 5.89. The van der Waals surface area contributed by atoms with Crippen LogP contribution in [0.2, 0.25) is 0 Å². The standard InChI is InChI=1S/C9H15N3O/c1-9(2)5-3-4-7(6-9)11-12-8(10)13/h3-4H,5-6H2,1-2H3,(H3,10,12,13)/b11-7-. The average molecular weight is 181 g/mol. The molecule has 0 atom stereocenters. The largest absolute Gasteiger partial charge is 0.350 e. The van der Waals surface area contributed by atoms with Crippen molar-refractivity contribution >= 4 is 11.7 Å². The van der Waals surface area contributed by atoms with Gasteiger partial charge >= 0.3 is 6.03 Å². The van der Waals surface area contributed by atoms with Gasteiger partial charge in [0, 0.05) is 0 Å². The van der Waals surface area contributed by atoms with Crippen LogP contribution in [0.15, 0.2) is 17.3 Å². The molecule has 0 unspecified atom stereocenters. The zero-order valence-corrected chi connectivity index (χ0v) is 8.00. The van der Waals surface area contributed by atoms with Gasteiger partial charge in [0.2, 0.25) is 0 Å². The molecule has 72 valence electrons. The Morgan fingerprint density at radius 2 is 2.38 bits per heavy atom. The van der Waals surface area contributed by atoms with E-state index in [-0.39, 0.29) is 5.41 Å². The Morgan fingerprint density at radius 3 is 2.92 bits per heavy atom. The van der Waals surface area contributed by atoms with Crippen molar-refractivity contribution in [3.05, 3.63) is 12.2 Å². The first-order valence-electron chi connectivity index (χ1n) is 4.28. The van der Waals surface area contributed by atoms with Gasteiger partial charge in [0.05, 0.1) is 5.71 Å². The zero-order valence-electron chi connectivity index (χ0n) is 8.00. The third kappa shape index (κ3) is 3.27. The lowest BCUT2D eigenvalue weighted by atomic mass is 9.80. The average Bonchev–Trinajstić information content (AvgIpc) is 1.99. The van der Waals surface area contributed by atoms with Gasteiger partial charge in [-0.05, 0) is 24.3 Å². The van der Waals surface area contributed by atoms with Crippen molar-refractivity contribution in [3.8, 4) is 0 Å². The molecule has 0 aromatic rings. The number of amides is 2. The molecule has 0 aromatic carbocycles. The maximum absolute atomic E-state index is 10.4. The van der Waals surface area contributed by atoms with Gasteiger partial charge in [-0.1, -0.05) is 19.9 Å². The second kappa shape index (κ2) is 3.60. The molecule has 0 aromatic heterocycles. The lowest BCUT2D eigenvalue weighted by Gasteiger charge is -2.25. The van der Waals surface area contributed by atoms with E-state index in [1.807, 2.05) is 6.08 Å². The fourth-order valence-corrected chi connectivity index (χ4v) is 1.34. The minimum absolute atomic E-state index is 0.229. The van der Waals surface area contributed by atoms with Gasteiger partial charge in [0.15, 0.2) is 0 Å². The monoisotopic (exact) mass is 181 g/mol. The van der Waals surface area contributed by atoms with Crippen molar-refractivity contribution in [2.24, 2.45) is 16.3 Å². The molecule has 0 saturated carbocycles. The summed E-state index contributed by atoms with van der Waals surface area (Å²) in [5, 5.41) is 3.88. The first-order chi connectivity index (χ1) is 5.99. The maximum Gasteiger partial charge on any atom is 0.332 e. The Morgan fingerprint density at radius 1 is 1.69 bits per heavy atom. The van der Waals surface area contributed by atoms with E-state index >= 15 is 0 Å². The summed E-state index contributed by atoms with van der Waals surface area (Å²) >= 11 is 0. The van der Waals surface area contributed by atoms with Crippen molar-refractivity contribution < 1.29 is 4.79 Å². The van der Waals surface area contributed by atoms with Gasteiger partial charge in [-0.2, -0.15) is 5.10 Å². The van der Waals surface area contributed by atoms with E-state index in [2.05, 4.69) is 30.5 Å². The number of allylic oxidation sites excluding steroid dienone is 2. The summed E-state index contributed by atoms with van der Waals surface area (Å²) in [5.74, 6) is 0. The van der Waals surface area contributed by atoms with Gasteiger partial charge in [0.25, 0.3) is 0 Å². The number of nitrogens with two attached hydrogens (primary N) is 1. The molecule has 1 aliphatic carbocycles. The number of rotatable bonds is 1. The minimum Gasteiger partial charge on any atom is -0.350 e. The minimum atomic E-state index is -0.621. The van der Waals surface area contributed by atoms with Crippen molar-refractivity contribution in [1.29, 1.82) is 0 Å². The van der Waals surface area contributed by atoms with E-state index in [1.54, 1.807) is 0 Å². The van der Waals surface area contributed by atoms with Crippen LogP contribution in [-0.4, -0.2) is 11.7 Å². The molecule has 3 N–H and O–H groups in total. The molecule has 1 rings (SSSR count). The highest BCUT2D eigenvalue weighted by atomic mass is 16.2. The molecule has 0 fully saturated rings. The summed E-state index contributed by atoms with van der Waals surface area (Å²) < 4.78 is 0. The molecule has 0 bridgehead atoms. The Hall–Kier alpha value is -1.32. The van der Waals surface area contributed by atoms with E-state index in [0.29, 0.717) is 0 Å². The molecule has 4 heteroatoms. The third-order valence-electron chi connectivity index (χ3n) is 1.95. The van der Waals surface area contributed by atoms with Crippen molar-refractivity contribution in [1.82, 2.24) is 5.43 Å². The Labute approximate surface area is 77.9 Å². The van der Waals surface area contributed by atoms with E-state index in [4.69, 9.17) is 5.73 Å². The number of hydrogen-bond acceptors (Lipinski definition) is 2. The smallest absolute Gasteiger partial charge is 0.332 e. The van der Waals surface area contributed by atoms with Crippen LogP contribution < -0.4 is 11.2 Å². The first kappa shape index (κ1) is 9.77. The molecule has 0 aliphatic heterocycles. The number of urea groups is 1. The Bertz CT molecular complexity index is 266. The molecule has 4 nitrogen and oxygen atoms in total. The predicted molar refractivity (Wildman–Crippen MR) is 52.3 cm³/mol. The molecule has 0 spiro atoms. The Kier molecular flexibility index (Phi) is 2.70. The van der Waals surface area contributed by atoms with E-state index in [0.717, 1.165) is 18.6 Å². The maximum atomic E-state index is 10.4.